The molecular weight excluding hydrogens is 470 g/mol. The highest BCUT2D eigenvalue weighted by Crippen LogP contribution is 2.37. The van der Waals surface area contributed by atoms with Crippen LogP contribution in [0.15, 0.2) is 36.4 Å². The van der Waals surface area contributed by atoms with Crippen molar-refractivity contribution in [2.75, 3.05) is 41.3 Å². The molecule has 0 aliphatic carbocycles. The predicted octanol–water partition coefficient (Wildman–Crippen LogP) is 4.53. The number of rotatable bonds is 12. The van der Waals surface area contributed by atoms with E-state index in [4.69, 9.17) is 33.2 Å². The summed E-state index contributed by atoms with van der Waals surface area (Å²) in [7, 11) is 4.61. The van der Waals surface area contributed by atoms with Crippen LogP contribution in [0.25, 0.3) is 0 Å². The molecule has 0 bridgehead atoms. The zero-order chi connectivity index (χ0) is 26.7. The van der Waals surface area contributed by atoms with Crippen molar-refractivity contribution in [2.24, 2.45) is 0 Å². The average Bonchev–Trinajstić information content (AvgIpc) is 2.82. The summed E-state index contributed by atoms with van der Waals surface area (Å²) in [5.74, 6) is 1.20. The van der Waals surface area contributed by atoms with E-state index in [2.05, 4.69) is 5.32 Å². The fraction of sp³-hybridized carbons (Fsp3) is 0.462. The van der Waals surface area contributed by atoms with Gasteiger partial charge in [0.2, 0.25) is 0 Å². The molecule has 2 rings (SSSR count). The fourth-order valence-electron chi connectivity index (χ4n) is 3.09. The molecule has 0 unspecified atom stereocenters. The third kappa shape index (κ3) is 8.62. The van der Waals surface area contributed by atoms with E-state index in [1.807, 2.05) is 13.0 Å². The Bertz CT molecular complexity index is 1020. The Morgan fingerprint density at radius 3 is 2.25 bits per heavy atom. The van der Waals surface area contributed by atoms with Crippen molar-refractivity contribution in [3.8, 4) is 23.0 Å². The summed E-state index contributed by atoms with van der Waals surface area (Å²) in [5, 5.41) is 2.57. The van der Waals surface area contributed by atoms with Gasteiger partial charge in [0, 0.05) is 12.7 Å². The maximum absolute atomic E-state index is 12.9. The van der Waals surface area contributed by atoms with Gasteiger partial charge < -0.3 is 38.5 Å². The minimum absolute atomic E-state index is 0.244. The van der Waals surface area contributed by atoms with Crippen LogP contribution in [0.5, 0.6) is 23.0 Å². The van der Waals surface area contributed by atoms with Gasteiger partial charge >= 0.3 is 12.1 Å². The molecule has 1 N–H and O–H groups in total. The van der Waals surface area contributed by atoms with Crippen LogP contribution in [0.2, 0.25) is 0 Å². The summed E-state index contributed by atoms with van der Waals surface area (Å²) < 4.78 is 37.6. The molecule has 1 amide bonds. The van der Waals surface area contributed by atoms with E-state index in [0.29, 0.717) is 35.2 Å². The van der Waals surface area contributed by atoms with Crippen molar-refractivity contribution < 1.29 is 42.7 Å². The molecule has 0 radical (unpaired) electrons. The van der Waals surface area contributed by atoms with Gasteiger partial charge in [-0.2, -0.15) is 0 Å². The summed E-state index contributed by atoms with van der Waals surface area (Å²) in [6.45, 7) is 7.31. The van der Waals surface area contributed by atoms with Crippen LogP contribution in [0.3, 0.4) is 0 Å². The molecule has 36 heavy (non-hydrogen) atoms. The van der Waals surface area contributed by atoms with Gasteiger partial charge in [0.15, 0.2) is 24.3 Å². The molecule has 1 atom stereocenters. The van der Waals surface area contributed by atoms with Crippen LogP contribution < -0.4 is 19.5 Å². The van der Waals surface area contributed by atoms with Crippen molar-refractivity contribution in [3.63, 3.8) is 0 Å². The highest BCUT2D eigenvalue weighted by atomic mass is 16.7. The number of ether oxygens (including phenoxy) is 7. The minimum Gasteiger partial charge on any atom is -0.496 e. The van der Waals surface area contributed by atoms with Gasteiger partial charge in [-0.15, -0.1) is 0 Å². The molecule has 198 valence electrons. The Hall–Kier alpha value is -3.50. The van der Waals surface area contributed by atoms with Crippen LogP contribution in [0, 0.1) is 6.92 Å². The lowest BCUT2D eigenvalue weighted by molar-refractivity contribution is -0.159. The molecule has 0 fully saturated rings. The van der Waals surface area contributed by atoms with Crippen molar-refractivity contribution in [2.45, 2.75) is 39.3 Å². The van der Waals surface area contributed by atoms with Gasteiger partial charge in [-0.3, -0.25) is 0 Å². The Morgan fingerprint density at radius 2 is 1.61 bits per heavy atom. The van der Waals surface area contributed by atoms with E-state index in [-0.39, 0.29) is 13.4 Å². The number of hydrogen-bond donors (Lipinski definition) is 1. The quantitative estimate of drug-likeness (QED) is 0.253. The first-order valence-electron chi connectivity index (χ1n) is 11.3. The van der Waals surface area contributed by atoms with Crippen LogP contribution in [-0.2, 0) is 23.7 Å². The summed E-state index contributed by atoms with van der Waals surface area (Å²) in [4.78, 5) is 25.5. The number of nitrogens with one attached hydrogen (secondary N) is 1. The second-order valence-electron chi connectivity index (χ2n) is 8.66. The van der Waals surface area contributed by atoms with E-state index in [9.17, 15) is 9.59 Å². The van der Waals surface area contributed by atoms with E-state index < -0.39 is 23.7 Å². The maximum Gasteiger partial charge on any atom is 0.408 e. The monoisotopic (exact) mass is 505 g/mol. The molecule has 0 aromatic heterocycles. The lowest BCUT2D eigenvalue weighted by atomic mass is 10.1. The number of alkyl carbamates (subject to hydrolysis) is 1. The maximum atomic E-state index is 12.9. The van der Waals surface area contributed by atoms with Crippen LogP contribution in [0.1, 0.15) is 37.9 Å². The standard InChI is InChI=1S/C26H35NO9/c1-17-19(31-6)9-8-10-20(17)35-22-15-18(11-12-21(22)32-7)23(27-25(29)36-26(2,3)4)24(28)34-16-33-14-13-30-5/h8-12,15,23H,13-14,16H2,1-7H3,(H,27,29)/t23-/m1/s1. The van der Waals surface area contributed by atoms with Crippen LogP contribution in [-0.4, -0.2) is 59.0 Å². The Kier molecular flexibility index (Phi) is 10.8. The number of hydrogen-bond acceptors (Lipinski definition) is 9. The first-order valence-corrected chi connectivity index (χ1v) is 11.3. The highest BCUT2D eigenvalue weighted by molar-refractivity contribution is 5.83. The molecule has 2 aromatic rings. The van der Waals surface area contributed by atoms with E-state index in [1.165, 1.54) is 14.2 Å². The molecular formula is C26H35NO9. The van der Waals surface area contributed by atoms with Crippen LogP contribution >= 0.6 is 0 Å². The van der Waals surface area contributed by atoms with Gasteiger partial charge in [-0.05, 0) is 57.5 Å². The molecule has 0 spiro atoms. The number of carbonyl (C=O) groups excluding carboxylic acids is 2. The van der Waals surface area contributed by atoms with E-state index >= 15 is 0 Å². The topological polar surface area (TPSA) is 111 Å². The number of carbonyl (C=O) groups is 2. The second kappa shape index (κ2) is 13.6. The summed E-state index contributed by atoms with van der Waals surface area (Å²) in [6.07, 6.45) is -0.785. The molecule has 2 aromatic carbocycles. The normalized spacial score (nSPS) is 11.9. The van der Waals surface area contributed by atoms with Gasteiger partial charge in [0.25, 0.3) is 0 Å². The van der Waals surface area contributed by atoms with Gasteiger partial charge in [-0.25, -0.2) is 9.59 Å². The summed E-state index contributed by atoms with van der Waals surface area (Å²) in [5.41, 5.74) is 0.405. The highest BCUT2D eigenvalue weighted by Gasteiger charge is 2.28. The largest absolute Gasteiger partial charge is 0.496 e. The number of benzene rings is 2. The zero-order valence-corrected chi connectivity index (χ0v) is 21.8. The first kappa shape index (κ1) is 28.7. The zero-order valence-electron chi connectivity index (χ0n) is 21.8. The molecule has 10 nitrogen and oxygen atoms in total. The third-order valence-corrected chi connectivity index (χ3v) is 4.81. The SMILES string of the molecule is COCCOCOC(=O)[C@H](NC(=O)OC(C)(C)C)c1ccc(OC)c(Oc2cccc(OC)c2C)c1. The smallest absolute Gasteiger partial charge is 0.408 e. The van der Waals surface area contributed by atoms with Gasteiger partial charge in [0.1, 0.15) is 17.1 Å². The minimum atomic E-state index is -1.20. The number of amides is 1. The lowest BCUT2D eigenvalue weighted by Gasteiger charge is -2.23. The van der Waals surface area contributed by atoms with E-state index in [0.717, 1.165) is 5.56 Å². The van der Waals surface area contributed by atoms with Gasteiger partial charge in [0.05, 0.1) is 27.4 Å². The Labute approximate surface area is 211 Å². The number of esters is 1. The molecule has 0 saturated carbocycles. The Balaban J connectivity index is 2.35. The fourth-order valence-corrected chi connectivity index (χ4v) is 3.09. The van der Waals surface area contributed by atoms with Crippen molar-refractivity contribution in [3.05, 3.63) is 47.5 Å². The molecule has 0 saturated heterocycles. The lowest BCUT2D eigenvalue weighted by Crippen LogP contribution is -2.39. The average molecular weight is 506 g/mol. The van der Waals surface area contributed by atoms with Gasteiger partial charge in [-0.1, -0.05) is 12.1 Å². The molecule has 10 heteroatoms. The predicted molar refractivity (Wildman–Crippen MR) is 132 cm³/mol. The van der Waals surface area contributed by atoms with Crippen molar-refractivity contribution in [1.82, 2.24) is 5.32 Å². The molecule has 0 aliphatic rings. The van der Waals surface area contributed by atoms with E-state index in [1.54, 1.807) is 58.2 Å². The second-order valence-corrected chi connectivity index (χ2v) is 8.66. The molecule has 0 heterocycles. The van der Waals surface area contributed by atoms with Crippen molar-refractivity contribution in [1.29, 1.82) is 0 Å². The third-order valence-electron chi connectivity index (χ3n) is 4.81. The van der Waals surface area contributed by atoms with Crippen molar-refractivity contribution >= 4 is 12.1 Å². The van der Waals surface area contributed by atoms with Crippen LogP contribution in [0.4, 0.5) is 4.79 Å². The summed E-state index contributed by atoms with van der Waals surface area (Å²) in [6, 6.07) is 9.04. The number of methoxy groups -OCH3 is 3. The Morgan fingerprint density at radius 1 is 0.917 bits per heavy atom. The summed E-state index contributed by atoms with van der Waals surface area (Å²) >= 11 is 0. The first-order chi connectivity index (χ1) is 17.1. The molecule has 0 aliphatic heterocycles.